The van der Waals surface area contributed by atoms with Gasteiger partial charge in [0.1, 0.15) is 18.0 Å². The minimum atomic E-state index is -0.544. The zero-order valence-electron chi connectivity index (χ0n) is 16.0. The number of fused-ring (bicyclic) bond motifs is 1. The van der Waals surface area contributed by atoms with Crippen LogP contribution in [0.4, 0.5) is 5.69 Å². The van der Waals surface area contributed by atoms with Gasteiger partial charge in [-0.1, -0.05) is 17.7 Å². The average molecular weight is 401 g/mol. The zero-order chi connectivity index (χ0) is 19.7. The van der Waals surface area contributed by atoms with E-state index in [2.05, 4.69) is 23.2 Å². The van der Waals surface area contributed by atoms with Crippen LogP contribution in [0.5, 0.6) is 5.75 Å². The van der Waals surface area contributed by atoms with Gasteiger partial charge in [-0.15, -0.1) is 0 Å². The standard InChI is InChI=1S/C22H25ClN2O3/c1-14-10-17(23)4-2-16(14)12-25-9-8-21(20(26)13-25)28-18-5-6-19-15(11-18)3-7-22(27)24-19/h2,4-6,10-11,20-21,26H,3,7-9,12-13H2,1H3,(H,24,27)/t20-,21-/m1/s1. The van der Waals surface area contributed by atoms with E-state index in [0.717, 1.165) is 48.0 Å². The summed E-state index contributed by atoms with van der Waals surface area (Å²) in [5.74, 6) is 0.806. The normalized spacial score (nSPS) is 22.5. The van der Waals surface area contributed by atoms with Crippen molar-refractivity contribution in [2.45, 2.75) is 44.9 Å². The van der Waals surface area contributed by atoms with Gasteiger partial charge in [-0.25, -0.2) is 0 Å². The van der Waals surface area contributed by atoms with E-state index in [1.807, 2.05) is 30.3 Å². The van der Waals surface area contributed by atoms with E-state index in [-0.39, 0.29) is 12.0 Å². The Kier molecular flexibility index (Phi) is 5.58. The number of β-amino-alcohol motifs (C(OH)–C–C–N with tert-alkyl or cyclic N) is 1. The maximum Gasteiger partial charge on any atom is 0.224 e. The summed E-state index contributed by atoms with van der Waals surface area (Å²) in [6.45, 7) is 4.30. The summed E-state index contributed by atoms with van der Waals surface area (Å²) >= 11 is 6.04. The second kappa shape index (κ2) is 8.11. The number of amides is 1. The molecule has 28 heavy (non-hydrogen) atoms. The number of rotatable bonds is 4. The fourth-order valence-electron chi connectivity index (χ4n) is 3.94. The van der Waals surface area contributed by atoms with Crippen LogP contribution >= 0.6 is 11.6 Å². The second-order valence-electron chi connectivity index (χ2n) is 7.69. The molecule has 0 spiro atoms. The lowest BCUT2D eigenvalue weighted by Gasteiger charge is -2.36. The highest BCUT2D eigenvalue weighted by atomic mass is 35.5. The van der Waals surface area contributed by atoms with E-state index in [0.29, 0.717) is 13.0 Å². The first-order valence-corrected chi connectivity index (χ1v) is 10.1. The minimum absolute atomic E-state index is 0.0555. The van der Waals surface area contributed by atoms with Crippen molar-refractivity contribution in [3.05, 3.63) is 58.1 Å². The molecular formula is C22H25ClN2O3. The molecule has 0 radical (unpaired) electrons. The summed E-state index contributed by atoms with van der Waals surface area (Å²) in [5.41, 5.74) is 4.34. The van der Waals surface area contributed by atoms with Crippen molar-refractivity contribution in [1.82, 2.24) is 4.90 Å². The molecule has 0 aromatic heterocycles. The van der Waals surface area contributed by atoms with Crippen molar-refractivity contribution in [3.8, 4) is 5.75 Å². The number of anilines is 1. The van der Waals surface area contributed by atoms with Gasteiger partial charge in [0, 0.05) is 36.8 Å². The number of piperidine rings is 1. The fourth-order valence-corrected chi connectivity index (χ4v) is 4.17. The lowest BCUT2D eigenvalue weighted by atomic mass is 10.0. The number of aliphatic hydroxyl groups excluding tert-OH is 1. The Hall–Kier alpha value is -2.08. The molecule has 2 aromatic rings. The lowest BCUT2D eigenvalue weighted by molar-refractivity contribution is -0.116. The monoisotopic (exact) mass is 400 g/mol. The third kappa shape index (κ3) is 4.32. The van der Waals surface area contributed by atoms with Crippen LogP contribution in [0.15, 0.2) is 36.4 Å². The molecule has 1 saturated heterocycles. The Bertz CT molecular complexity index is 886. The van der Waals surface area contributed by atoms with Gasteiger partial charge in [-0.3, -0.25) is 9.69 Å². The molecule has 0 aliphatic carbocycles. The van der Waals surface area contributed by atoms with Gasteiger partial charge < -0.3 is 15.2 Å². The zero-order valence-corrected chi connectivity index (χ0v) is 16.7. The molecule has 2 aliphatic heterocycles. The smallest absolute Gasteiger partial charge is 0.224 e. The number of hydrogen-bond acceptors (Lipinski definition) is 4. The summed E-state index contributed by atoms with van der Waals surface area (Å²) < 4.78 is 6.09. The molecule has 5 nitrogen and oxygen atoms in total. The van der Waals surface area contributed by atoms with E-state index in [9.17, 15) is 9.90 Å². The van der Waals surface area contributed by atoms with Crippen LogP contribution in [0, 0.1) is 6.92 Å². The summed E-state index contributed by atoms with van der Waals surface area (Å²) in [6, 6.07) is 11.7. The van der Waals surface area contributed by atoms with Crippen LogP contribution in [-0.2, 0) is 17.8 Å². The lowest BCUT2D eigenvalue weighted by Crippen LogP contribution is -2.48. The minimum Gasteiger partial charge on any atom is -0.488 e. The molecule has 1 fully saturated rings. The number of likely N-dealkylation sites (tertiary alicyclic amines) is 1. The van der Waals surface area contributed by atoms with Gasteiger partial charge >= 0.3 is 0 Å². The average Bonchev–Trinajstić information content (AvgIpc) is 2.66. The van der Waals surface area contributed by atoms with Crippen LogP contribution in [0.2, 0.25) is 5.02 Å². The van der Waals surface area contributed by atoms with Gasteiger partial charge in [0.05, 0.1) is 0 Å². The number of nitrogens with one attached hydrogen (secondary N) is 1. The number of nitrogens with zero attached hydrogens (tertiary/aromatic N) is 1. The molecule has 0 saturated carbocycles. The van der Waals surface area contributed by atoms with Crippen molar-refractivity contribution in [3.63, 3.8) is 0 Å². The van der Waals surface area contributed by atoms with Gasteiger partial charge in [-0.05, 0) is 66.8 Å². The number of benzene rings is 2. The van der Waals surface area contributed by atoms with Gasteiger partial charge in [-0.2, -0.15) is 0 Å². The molecule has 0 bridgehead atoms. The van der Waals surface area contributed by atoms with Crippen LogP contribution in [-0.4, -0.2) is 41.2 Å². The van der Waals surface area contributed by atoms with Crippen LogP contribution < -0.4 is 10.1 Å². The predicted molar refractivity (Wildman–Crippen MR) is 110 cm³/mol. The first-order valence-electron chi connectivity index (χ1n) is 9.73. The van der Waals surface area contributed by atoms with Gasteiger partial charge in [0.25, 0.3) is 0 Å². The summed E-state index contributed by atoms with van der Waals surface area (Å²) in [4.78, 5) is 13.7. The van der Waals surface area contributed by atoms with Crippen LogP contribution in [0.1, 0.15) is 29.5 Å². The molecule has 2 aromatic carbocycles. The molecule has 2 N–H and O–H groups in total. The number of carbonyl (C=O) groups is 1. The van der Waals surface area contributed by atoms with Gasteiger partial charge in [0.15, 0.2) is 0 Å². The Labute approximate surface area is 170 Å². The summed E-state index contributed by atoms with van der Waals surface area (Å²) in [6.07, 6.45) is 1.22. The Balaban J connectivity index is 1.36. The number of aryl methyl sites for hydroxylation is 2. The van der Waals surface area contributed by atoms with E-state index < -0.39 is 6.10 Å². The molecule has 6 heteroatoms. The SMILES string of the molecule is Cc1cc(Cl)ccc1CN1CC[C@@H](Oc2ccc3c(c2)CCC(=O)N3)[C@H](O)C1. The number of ether oxygens (including phenoxy) is 1. The first-order chi connectivity index (χ1) is 13.5. The molecule has 2 atom stereocenters. The van der Waals surface area contributed by atoms with Crippen molar-refractivity contribution in [1.29, 1.82) is 0 Å². The number of aliphatic hydroxyl groups is 1. The molecule has 148 valence electrons. The highest BCUT2D eigenvalue weighted by Crippen LogP contribution is 2.29. The van der Waals surface area contributed by atoms with E-state index >= 15 is 0 Å². The van der Waals surface area contributed by atoms with Crippen molar-refractivity contribution in [2.24, 2.45) is 0 Å². The van der Waals surface area contributed by atoms with E-state index in [4.69, 9.17) is 16.3 Å². The number of halogens is 1. The van der Waals surface area contributed by atoms with E-state index in [1.165, 1.54) is 11.1 Å². The maximum atomic E-state index is 11.5. The molecular weight excluding hydrogens is 376 g/mol. The highest BCUT2D eigenvalue weighted by molar-refractivity contribution is 6.30. The molecule has 1 amide bonds. The molecule has 2 aliphatic rings. The third-order valence-electron chi connectivity index (χ3n) is 5.56. The highest BCUT2D eigenvalue weighted by Gasteiger charge is 2.29. The fraction of sp³-hybridized carbons (Fsp3) is 0.409. The van der Waals surface area contributed by atoms with Crippen molar-refractivity contribution in [2.75, 3.05) is 18.4 Å². The number of hydrogen-bond donors (Lipinski definition) is 2. The Morgan fingerprint density at radius 2 is 2.11 bits per heavy atom. The third-order valence-corrected chi connectivity index (χ3v) is 5.80. The van der Waals surface area contributed by atoms with Crippen LogP contribution in [0.3, 0.4) is 0 Å². The molecule has 4 rings (SSSR count). The summed E-state index contributed by atoms with van der Waals surface area (Å²) in [5, 5.41) is 14.2. The molecule has 2 heterocycles. The Morgan fingerprint density at radius 1 is 1.25 bits per heavy atom. The second-order valence-corrected chi connectivity index (χ2v) is 8.12. The molecule has 0 unspecified atom stereocenters. The summed E-state index contributed by atoms with van der Waals surface area (Å²) in [7, 11) is 0. The van der Waals surface area contributed by atoms with Crippen LogP contribution in [0.25, 0.3) is 0 Å². The largest absolute Gasteiger partial charge is 0.488 e. The van der Waals surface area contributed by atoms with Crippen molar-refractivity contribution >= 4 is 23.2 Å². The van der Waals surface area contributed by atoms with Gasteiger partial charge in [0.2, 0.25) is 5.91 Å². The first kappa shape index (κ1) is 19.2. The predicted octanol–water partition coefficient (Wildman–Crippen LogP) is 3.55. The number of carbonyl (C=O) groups excluding carboxylic acids is 1. The van der Waals surface area contributed by atoms with E-state index in [1.54, 1.807) is 0 Å². The maximum absolute atomic E-state index is 11.5. The Morgan fingerprint density at radius 3 is 2.89 bits per heavy atom. The quantitative estimate of drug-likeness (QED) is 0.823. The topological polar surface area (TPSA) is 61.8 Å². The van der Waals surface area contributed by atoms with Crippen molar-refractivity contribution < 1.29 is 14.6 Å².